The summed E-state index contributed by atoms with van der Waals surface area (Å²) in [5.41, 5.74) is 2.27. The van der Waals surface area contributed by atoms with Gasteiger partial charge in [0.25, 0.3) is 0 Å². The van der Waals surface area contributed by atoms with Crippen LogP contribution in [0.5, 0.6) is 0 Å². The Morgan fingerprint density at radius 2 is 1.67 bits per heavy atom. The predicted octanol–water partition coefficient (Wildman–Crippen LogP) is 4.81. The van der Waals surface area contributed by atoms with Crippen LogP contribution in [0, 0.1) is 0 Å². The molecule has 1 rings (SSSR count). The van der Waals surface area contributed by atoms with Crippen molar-refractivity contribution in [2.45, 2.75) is 20.8 Å². The molecule has 0 saturated carbocycles. The van der Waals surface area contributed by atoms with Crippen LogP contribution in [0.25, 0.3) is 5.57 Å². The minimum absolute atomic E-state index is 0.554. The maximum atomic E-state index is 6.30. The highest BCUT2D eigenvalue weighted by Gasteiger charge is 2.27. The summed E-state index contributed by atoms with van der Waals surface area (Å²) in [5, 5.41) is 0. The Labute approximate surface area is 125 Å². The van der Waals surface area contributed by atoms with E-state index in [2.05, 4.69) is 41.6 Å². The van der Waals surface area contributed by atoms with Gasteiger partial charge in [0.2, 0.25) is 0 Å². The summed E-state index contributed by atoms with van der Waals surface area (Å²) >= 11 is 2.25. The summed E-state index contributed by atoms with van der Waals surface area (Å²) in [6.07, 6.45) is 0. The summed E-state index contributed by atoms with van der Waals surface area (Å²) in [6.45, 7) is 7.03. The average molecular weight is 375 g/mol. The van der Waals surface area contributed by atoms with Crippen molar-refractivity contribution in [2.75, 3.05) is 13.2 Å². The molecule has 0 N–H and O–H groups in total. The molecule has 1 aromatic carbocycles. The van der Waals surface area contributed by atoms with Crippen molar-refractivity contribution in [1.29, 1.82) is 0 Å². The molecule has 0 aliphatic carbocycles. The molecule has 0 aliphatic rings. The third-order valence-electron chi connectivity index (χ3n) is 2.43. The van der Waals surface area contributed by atoms with Crippen LogP contribution in [0.1, 0.15) is 26.3 Å². The van der Waals surface area contributed by atoms with Crippen LogP contribution in [-0.2, 0) is 9.05 Å². The Kier molecular flexibility index (Phi) is 6.85. The molecule has 97 valence electrons. The van der Waals surface area contributed by atoms with Crippen molar-refractivity contribution in [3.05, 3.63) is 39.2 Å². The van der Waals surface area contributed by atoms with Crippen molar-refractivity contribution in [3.8, 4) is 0 Å². The Balaban J connectivity index is 3.11. The molecule has 0 spiro atoms. The molecule has 3 radical (unpaired) electrons. The van der Waals surface area contributed by atoms with E-state index in [1.165, 1.54) is 0 Å². The van der Waals surface area contributed by atoms with E-state index in [-0.39, 0.29) is 0 Å². The van der Waals surface area contributed by atoms with E-state index in [1.54, 1.807) is 0 Å². The molecule has 0 saturated heterocycles. The summed E-state index contributed by atoms with van der Waals surface area (Å²) < 4.78 is 12.3. The van der Waals surface area contributed by atoms with Crippen LogP contribution in [0.3, 0.4) is 0 Å². The monoisotopic (exact) mass is 375 g/mol. The molecule has 0 amide bonds. The van der Waals surface area contributed by atoms with Gasteiger partial charge in [-0.1, -0.05) is 30.3 Å². The summed E-state index contributed by atoms with van der Waals surface area (Å²) in [7, 11) is 3.89. The topological polar surface area (TPSA) is 18.5 Å². The first-order valence-corrected chi connectivity index (χ1v) is 8.71. The molecule has 2 nitrogen and oxygen atoms in total. The SMILES string of the molecule is [B-][P+](OCC)(OCC)/C(I)=C(/C)c1ccccc1. The highest BCUT2D eigenvalue weighted by Crippen LogP contribution is 2.67. The van der Waals surface area contributed by atoms with E-state index < -0.39 is 7.59 Å². The van der Waals surface area contributed by atoms with Gasteiger partial charge in [0.1, 0.15) is 3.32 Å². The van der Waals surface area contributed by atoms with Crippen LogP contribution in [0.15, 0.2) is 33.7 Å². The predicted molar refractivity (Wildman–Crippen MR) is 89.0 cm³/mol. The first-order valence-electron chi connectivity index (χ1n) is 5.94. The van der Waals surface area contributed by atoms with Crippen LogP contribution in [0.2, 0.25) is 0 Å². The first-order chi connectivity index (χ1) is 8.55. The minimum Gasteiger partial charge on any atom is -0.259 e. The second kappa shape index (κ2) is 7.64. The zero-order valence-electron chi connectivity index (χ0n) is 11.0. The quantitative estimate of drug-likeness (QED) is 0.404. The van der Waals surface area contributed by atoms with Crippen molar-refractivity contribution in [1.82, 2.24) is 0 Å². The van der Waals surface area contributed by atoms with Crippen molar-refractivity contribution < 1.29 is 9.05 Å². The highest BCUT2D eigenvalue weighted by molar-refractivity contribution is 14.1. The molecule has 0 bridgehead atoms. The molecule has 0 fully saturated rings. The number of hydrogen-bond donors (Lipinski definition) is 0. The van der Waals surface area contributed by atoms with Crippen LogP contribution < -0.4 is 0 Å². The lowest BCUT2D eigenvalue weighted by Gasteiger charge is -2.32. The fourth-order valence-corrected chi connectivity index (χ4v) is 4.39. The minimum atomic E-state index is -2.42. The molecule has 0 unspecified atom stereocenters. The van der Waals surface area contributed by atoms with Gasteiger partial charge in [-0.25, -0.2) is 7.57 Å². The fourth-order valence-electron chi connectivity index (χ4n) is 1.58. The molecule has 0 heterocycles. The lowest BCUT2D eigenvalue weighted by atomic mass is 10.1. The Bertz CT molecular complexity index is 403. The number of rotatable bonds is 6. The van der Waals surface area contributed by atoms with Gasteiger partial charge in [0.05, 0.1) is 13.2 Å². The zero-order chi connectivity index (χ0) is 13.6. The number of hydrogen-bond acceptors (Lipinski definition) is 2. The lowest BCUT2D eigenvalue weighted by molar-refractivity contribution is 0.269. The molecule has 1 aromatic rings. The van der Waals surface area contributed by atoms with Gasteiger partial charge >= 0.3 is 0 Å². The maximum Gasteiger partial charge on any atom is 0.138 e. The second-order valence-electron chi connectivity index (χ2n) is 3.71. The summed E-state index contributed by atoms with van der Waals surface area (Å²) in [6, 6.07) is 10.2. The van der Waals surface area contributed by atoms with E-state index in [1.807, 2.05) is 32.0 Å². The molecule has 0 atom stereocenters. The molecule has 0 aromatic heterocycles. The number of allylic oxidation sites excluding steroid dienone is 1. The second-order valence-corrected chi connectivity index (χ2v) is 7.80. The van der Waals surface area contributed by atoms with Gasteiger partial charge in [-0.3, -0.25) is 9.05 Å². The number of halogens is 1. The highest BCUT2D eigenvalue weighted by atomic mass is 127. The Morgan fingerprint density at radius 1 is 1.17 bits per heavy atom. The van der Waals surface area contributed by atoms with Crippen molar-refractivity contribution >= 4 is 43.3 Å². The van der Waals surface area contributed by atoms with Gasteiger partial charge in [0.15, 0.2) is 0 Å². The zero-order valence-corrected chi connectivity index (χ0v) is 14.1. The number of benzene rings is 1. The molecular formula is C13H18BIO2P. The summed E-state index contributed by atoms with van der Waals surface area (Å²) in [4.78, 5) is 0. The Hall–Kier alpha value is 0.105. The van der Waals surface area contributed by atoms with E-state index in [0.29, 0.717) is 13.2 Å². The lowest BCUT2D eigenvalue weighted by Crippen LogP contribution is -2.04. The first kappa shape index (κ1) is 16.2. The fraction of sp³-hybridized carbons (Fsp3) is 0.385. The third-order valence-corrected chi connectivity index (χ3v) is 7.42. The molecule has 0 aliphatic heterocycles. The van der Waals surface area contributed by atoms with Gasteiger partial charge < -0.3 is 0 Å². The Morgan fingerprint density at radius 3 is 2.11 bits per heavy atom. The van der Waals surface area contributed by atoms with Gasteiger partial charge in [0, 0.05) is 35.8 Å². The van der Waals surface area contributed by atoms with E-state index in [9.17, 15) is 0 Å². The largest absolute Gasteiger partial charge is 0.259 e. The molecular weight excluding hydrogens is 357 g/mol. The molecule has 5 heteroatoms. The van der Waals surface area contributed by atoms with E-state index in [0.717, 1.165) is 14.5 Å². The van der Waals surface area contributed by atoms with Gasteiger partial charge in [-0.2, -0.15) is 0 Å². The third kappa shape index (κ3) is 4.05. The van der Waals surface area contributed by atoms with Crippen LogP contribution >= 0.6 is 30.2 Å². The smallest absolute Gasteiger partial charge is 0.138 e. The van der Waals surface area contributed by atoms with Crippen LogP contribution in [0.4, 0.5) is 0 Å². The van der Waals surface area contributed by atoms with Crippen molar-refractivity contribution in [2.24, 2.45) is 0 Å². The average Bonchev–Trinajstić information content (AvgIpc) is 2.38. The standard InChI is InChI=1S/C13H18BIO2P/c1-4-16-18(14,17-5-2)13(15)11(3)12-9-7-6-8-10-12/h6-10H,4-5H2,1-3H3/b13-11-. The summed E-state index contributed by atoms with van der Waals surface area (Å²) in [5.74, 6) is 0. The van der Waals surface area contributed by atoms with Gasteiger partial charge in [-0.15, -0.1) is 0 Å². The maximum absolute atomic E-state index is 6.30. The van der Waals surface area contributed by atoms with Crippen molar-refractivity contribution in [3.63, 3.8) is 0 Å². The molecule has 18 heavy (non-hydrogen) atoms. The normalized spacial score (nSPS) is 13.4. The van der Waals surface area contributed by atoms with E-state index >= 15 is 0 Å². The van der Waals surface area contributed by atoms with E-state index in [4.69, 9.17) is 16.6 Å². The van der Waals surface area contributed by atoms with Gasteiger partial charge in [-0.05, 0) is 26.3 Å². The van der Waals surface area contributed by atoms with Crippen LogP contribution in [-0.4, -0.2) is 20.8 Å².